The van der Waals surface area contributed by atoms with Gasteiger partial charge in [0.05, 0.1) is 28.2 Å². The van der Waals surface area contributed by atoms with Crippen LogP contribution in [0.15, 0.2) is 17.0 Å². The number of anilines is 2. The summed E-state index contributed by atoms with van der Waals surface area (Å²) >= 11 is 0. The summed E-state index contributed by atoms with van der Waals surface area (Å²) in [7, 11) is -3.70. The molecule has 9 nitrogen and oxygen atoms in total. The molecule has 3 N–H and O–H groups in total. The van der Waals surface area contributed by atoms with E-state index in [0.29, 0.717) is 18.8 Å². The lowest BCUT2D eigenvalue weighted by Gasteiger charge is -2.15. The van der Waals surface area contributed by atoms with E-state index in [-0.39, 0.29) is 22.8 Å². The highest BCUT2D eigenvalue weighted by atomic mass is 32.2. The predicted octanol–water partition coefficient (Wildman–Crippen LogP) is -0.417. The highest BCUT2D eigenvalue weighted by Gasteiger charge is 2.30. The van der Waals surface area contributed by atoms with Gasteiger partial charge >= 0.3 is 0 Å². The SMILES string of the molecule is CS(=O)(=O)c1cc([N+](=O)[O-])c(N2CC2)cc1NCC(O)CO. The highest BCUT2D eigenvalue weighted by Crippen LogP contribution is 2.38. The molecule has 122 valence electrons. The normalized spacial score (nSPS) is 15.5. The Labute approximate surface area is 127 Å². The summed E-state index contributed by atoms with van der Waals surface area (Å²) < 4.78 is 23.7. The van der Waals surface area contributed by atoms with Crippen molar-refractivity contribution in [3.8, 4) is 0 Å². The molecule has 0 amide bonds. The molecule has 1 unspecified atom stereocenters. The van der Waals surface area contributed by atoms with E-state index in [1.54, 1.807) is 4.90 Å². The van der Waals surface area contributed by atoms with Gasteiger partial charge < -0.3 is 20.4 Å². The number of nitro benzene ring substituents is 1. The van der Waals surface area contributed by atoms with Crippen LogP contribution in [0.2, 0.25) is 0 Å². The molecule has 0 bridgehead atoms. The largest absolute Gasteiger partial charge is 0.394 e. The standard InChI is InChI=1S/C12H17N3O6S/c1-22(20,21)12-5-11(15(18)19)10(14-2-3-14)4-9(12)13-6-8(17)7-16/h4-5,8,13,16-17H,2-3,6-7H2,1H3. The average molecular weight is 331 g/mol. The zero-order valence-electron chi connectivity index (χ0n) is 11.9. The van der Waals surface area contributed by atoms with Crippen molar-refractivity contribution in [1.29, 1.82) is 0 Å². The van der Waals surface area contributed by atoms with E-state index in [9.17, 15) is 23.6 Å². The smallest absolute Gasteiger partial charge is 0.293 e. The molecule has 1 saturated heterocycles. The summed E-state index contributed by atoms with van der Waals surface area (Å²) in [5, 5.41) is 32.0. The van der Waals surface area contributed by atoms with Crippen LogP contribution in [0, 0.1) is 10.1 Å². The summed E-state index contributed by atoms with van der Waals surface area (Å²) in [5.41, 5.74) is 0.229. The Bertz CT molecular complexity index is 686. The number of nitro groups is 1. The molecule has 1 heterocycles. The summed E-state index contributed by atoms with van der Waals surface area (Å²) in [6.45, 7) is 0.777. The van der Waals surface area contributed by atoms with Crippen LogP contribution in [0.4, 0.5) is 17.1 Å². The van der Waals surface area contributed by atoms with Gasteiger partial charge in [0, 0.05) is 32.0 Å². The van der Waals surface area contributed by atoms with E-state index >= 15 is 0 Å². The third-order valence-corrected chi connectivity index (χ3v) is 4.34. The van der Waals surface area contributed by atoms with E-state index in [0.717, 1.165) is 12.3 Å². The van der Waals surface area contributed by atoms with Crippen LogP contribution in [-0.2, 0) is 9.84 Å². The lowest BCUT2D eigenvalue weighted by Crippen LogP contribution is -2.23. The Hall–Kier alpha value is -1.91. The molecule has 1 aromatic carbocycles. The lowest BCUT2D eigenvalue weighted by molar-refractivity contribution is -0.384. The van der Waals surface area contributed by atoms with Gasteiger partial charge in [-0.2, -0.15) is 0 Å². The number of sulfone groups is 1. The summed E-state index contributed by atoms with van der Waals surface area (Å²) in [4.78, 5) is 12.1. The summed E-state index contributed by atoms with van der Waals surface area (Å²) in [5.74, 6) is 0. The summed E-state index contributed by atoms with van der Waals surface area (Å²) in [6, 6.07) is 2.42. The van der Waals surface area contributed by atoms with Gasteiger partial charge in [-0.1, -0.05) is 0 Å². The van der Waals surface area contributed by atoms with Gasteiger partial charge in [0.25, 0.3) is 5.69 Å². The van der Waals surface area contributed by atoms with Gasteiger partial charge in [-0.15, -0.1) is 0 Å². The average Bonchev–Trinajstić information content (AvgIpc) is 3.26. The number of aliphatic hydroxyl groups excluding tert-OH is 2. The minimum Gasteiger partial charge on any atom is -0.394 e. The molecule has 1 atom stereocenters. The van der Waals surface area contributed by atoms with Crippen molar-refractivity contribution in [2.75, 3.05) is 42.7 Å². The second-order valence-corrected chi connectivity index (χ2v) is 7.05. The minimum absolute atomic E-state index is 0.0731. The zero-order chi connectivity index (χ0) is 16.5. The summed E-state index contributed by atoms with van der Waals surface area (Å²) in [6.07, 6.45) is -0.108. The maximum Gasteiger partial charge on any atom is 0.293 e. The van der Waals surface area contributed by atoms with Gasteiger partial charge in [-0.25, -0.2) is 8.42 Å². The fraction of sp³-hybridized carbons (Fsp3) is 0.500. The molecule has 1 aromatic rings. The van der Waals surface area contributed by atoms with Crippen LogP contribution in [0.5, 0.6) is 0 Å². The molecule has 0 aliphatic carbocycles. The van der Waals surface area contributed by atoms with E-state index in [1.807, 2.05) is 0 Å². The van der Waals surface area contributed by atoms with E-state index in [4.69, 9.17) is 5.11 Å². The third-order valence-electron chi connectivity index (χ3n) is 3.20. The second-order valence-electron chi connectivity index (χ2n) is 5.07. The first kappa shape index (κ1) is 16.5. The van der Waals surface area contributed by atoms with Crippen LogP contribution in [0.1, 0.15) is 0 Å². The van der Waals surface area contributed by atoms with Crippen molar-refractivity contribution in [3.63, 3.8) is 0 Å². The maximum atomic E-state index is 11.9. The molecule has 22 heavy (non-hydrogen) atoms. The molecule has 0 radical (unpaired) electrons. The molecule has 0 saturated carbocycles. The zero-order valence-corrected chi connectivity index (χ0v) is 12.7. The number of hydrogen-bond acceptors (Lipinski definition) is 8. The number of benzene rings is 1. The van der Waals surface area contributed by atoms with Crippen molar-refractivity contribution in [2.45, 2.75) is 11.0 Å². The van der Waals surface area contributed by atoms with Crippen molar-refractivity contribution < 1.29 is 23.6 Å². The van der Waals surface area contributed by atoms with Gasteiger partial charge in [-0.3, -0.25) is 10.1 Å². The Morgan fingerprint density at radius 2 is 2.09 bits per heavy atom. The first-order chi connectivity index (χ1) is 10.2. The Balaban J connectivity index is 2.49. The number of nitrogens with one attached hydrogen (secondary N) is 1. The van der Waals surface area contributed by atoms with Crippen LogP contribution < -0.4 is 10.2 Å². The number of nitrogens with zero attached hydrogens (tertiary/aromatic N) is 2. The Kier molecular flexibility index (Phi) is 4.54. The van der Waals surface area contributed by atoms with Crippen LogP contribution in [0.25, 0.3) is 0 Å². The van der Waals surface area contributed by atoms with Crippen LogP contribution in [0.3, 0.4) is 0 Å². The van der Waals surface area contributed by atoms with Crippen molar-refractivity contribution in [3.05, 3.63) is 22.2 Å². The van der Waals surface area contributed by atoms with Crippen molar-refractivity contribution in [1.82, 2.24) is 0 Å². The van der Waals surface area contributed by atoms with Crippen molar-refractivity contribution in [2.24, 2.45) is 0 Å². The monoisotopic (exact) mass is 331 g/mol. The minimum atomic E-state index is -3.70. The van der Waals surface area contributed by atoms with Gasteiger partial charge in [0.1, 0.15) is 5.69 Å². The lowest BCUT2D eigenvalue weighted by atomic mass is 10.2. The molecule has 0 spiro atoms. The van der Waals surface area contributed by atoms with Crippen molar-refractivity contribution >= 4 is 26.9 Å². The third kappa shape index (κ3) is 3.64. The van der Waals surface area contributed by atoms with Crippen LogP contribution in [-0.4, -0.2) is 62.2 Å². The topological polar surface area (TPSA) is 133 Å². The Morgan fingerprint density at radius 1 is 1.45 bits per heavy atom. The van der Waals surface area contributed by atoms with E-state index in [2.05, 4.69) is 5.32 Å². The molecule has 2 rings (SSSR count). The molecule has 1 fully saturated rings. The molecule has 10 heteroatoms. The maximum absolute atomic E-state index is 11.9. The quantitative estimate of drug-likeness (QED) is 0.349. The number of aliphatic hydroxyl groups is 2. The molecule has 1 aliphatic rings. The highest BCUT2D eigenvalue weighted by molar-refractivity contribution is 7.90. The first-order valence-electron chi connectivity index (χ1n) is 6.54. The fourth-order valence-electron chi connectivity index (χ4n) is 1.99. The molecular formula is C12H17N3O6S. The van der Waals surface area contributed by atoms with Gasteiger partial charge in [0.15, 0.2) is 9.84 Å². The second kappa shape index (κ2) is 6.07. The van der Waals surface area contributed by atoms with E-state index < -0.39 is 27.5 Å². The number of hydrogen-bond donors (Lipinski definition) is 3. The molecule has 1 aliphatic heterocycles. The Morgan fingerprint density at radius 3 is 2.55 bits per heavy atom. The van der Waals surface area contributed by atoms with Crippen LogP contribution >= 0.6 is 0 Å². The van der Waals surface area contributed by atoms with Gasteiger partial charge in [-0.05, 0) is 6.07 Å². The number of rotatable bonds is 7. The first-order valence-corrected chi connectivity index (χ1v) is 8.43. The van der Waals surface area contributed by atoms with E-state index in [1.165, 1.54) is 6.07 Å². The fourth-order valence-corrected chi connectivity index (χ4v) is 2.84. The molecular weight excluding hydrogens is 314 g/mol. The molecule has 0 aromatic heterocycles. The predicted molar refractivity (Wildman–Crippen MR) is 80.0 cm³/mol. The van der Waals surface area contributed by atoms with Gasteiger partial charge in [0.2, 0.25) is 0 Å².